The molecular weight excluding hydrogens is 444 g/mol. The van der Waals surface area contributed by atoms with Gasteiger partial charge in [-0.1, -0.05) is 33.6 Å². The van der Waals surface area contributed by atoms with Crippen LogP contribution in [0.1, 0.15) is 25.3 Å². The number of amides is 1. The van der Waals surface area contributed by atoms with Gasteiger partial charge in [0.2, 0.25) is 10.0 Å². The summed E-state index contributed by atoms with van der Waals surface area (Å²) in [6.07, 6.45) is 2.25. The Labute approximate surface area is 166 Å². The van der Waals surface area contributed by atoms with Crippen molar-refractivity contribution in [1.82, 2.24) is 4.31 Å². The number of piperidine rings is 1. The minimum absolute atomic E-state index is 0.0838. The number of benzene rings is 1. The van der Waals surface area contributed by atoms with Gasteiger partial charge in [-0.25, -0.2) is 17.5 Å². The molecule has 1 fully saturated rings. The minimum Gasteiger partial charge on any atom is -0.444 e. The Morgan fingerprint density at radius 1 is 1.38 bits per heavy atom. The molecule has 142 valence electrons. The molecule has 2 aliphatic heterocycles. The van der Waals surface area contributed by atoms with Crippen molar-refractivity contribution in [2.75, 3.05) is 23.7 Å². The fourth-order valence-corrected chi connectivity index (χ4v) is 5.28. The number of rotatable bonds is 4. The predicted octanol–water partition coefficient (Wildman–Crippen LogP) is 3.84. The molecule has 2 heterocycles. The highest BCUT2D eigenvalue weighted by molar-refractivity contribution is 9.10. The summed E-state index contributed by atoms with van der Waals surface area (Å²) in [6, 6.07) is 5.65. The number of hydrogen-bond donors (Lipinski definition) is 0. The first-order chi connectivity index (χ1) is 12.3. The lowest BCUT2D eigenvalue weighted by atomic mass is 10.0. The largest absolute Gasteiger partial charge is 0.444 e. The molecule has 1 aromatic carbocycles. The number of halogens is 2. The molecule has 0 unspecified atom stereocenters. The SMILES string of the molecule is C/C(Cl)=C\CS(=O)(=O)N1CCC(N2C(=O)OCc3cc(Br)ccc32)CC1. The number of anilines is 1. The molecule has 0 aliphatic carbocycles. The van der Waals surface area contributed by atoms with E-state index in [1.54, 1.807) is 11.8 Å². The Bertz CT molecular complexity index is 831. The Morgan fingerprint density at radius 3 is 2.73 bits per heavy atom. The summed E-state index contributed by atoms with van der Waals surface area (Å²) in [5.41, 5.74) is 1.78. The van der Waals surface area contributed by atoms with Crippen molar-refractivity contribution in [2.45, 2.75) is 32.4 Å². The van der Waals surface area contributed by atoms with Gasteiger partial charge in [0, 0.05) is 34.2 Å². The lowest BCUT2D eigenvalue weighted by molar-refractivity contribution is 0.136. The number of fused-ring (bicyclic) bond motifs is 1. The summed E-state index contributed by atoms with van der Waals surface area (Å²) < 4.78 is 32.5. The summed E-state index contributed by atoms with van der Waals surface area (Å²) in [6.45, 7) is 2.65. The van der Waals surface area contributed by atoms with E-state index in [0.29, 0.717) is 31.0 Å². The molecule has 0 aromatic heterocycles. The van der Waals surface area contributed by atoms with Crippen LogP contribution in [0.2, 0.25) is 0 Å². The van der Waals surface area contributed by atoms with E-state index in [9.17, 15) is 13.2 Å². The second-order valence-corrected chi connectivity index (χ2v) is 9.92. The van der Waals surface area contributed by atoms with Crippen molar-refractivity contribution in [3.63, 3.8) is 0 Å². The number of hydrogen-bond acceptors (Lipinski definition) is 4. The minimum atomic E-state index is -3.38. The van der Waals surface area contributed by atoms with Gasteiger partial charge in [0.25, 0.3) is 0 Å². The highest BCUT2D eigenvalue weighted by Gasteiger charge is 2.36. The summed E-state index contributed by atoms with van der Waals surface area (Å²) in [5.74, 6) is -0.102. The third kappa shape index (κ3) is 4.24. The second kappa shape index (κ2) is 7.88. The average molecular weight is 464 g/mol. The molecule has 0 atom stereocenters. The first-order valence-corrected chi connectivity index (χ1v) is 11.1. The van der Waals surface area contributed by atoms with E-state index in [4.69, 9.17) is 16.3 Å². The van der Waals surface area contributed by atoms with Crippen molar-refractivity contribution < 1.29 is 17.9 Å². The van der Waals surface area contributed by atoms with Gasteiger partial charge in [-0.15, -0.1) is 0 Å². The van der Waals surface area contributed by atoms with Crippen LogP contribution >= 0.6 is 27.5 Å². The van der Waals surface area contributed by atoms with Crippen LogP contribution in [-0.2, 0) is 21.4 Å². The molecule has 1 amide bonds. The number of allylic oxidation sites excluding steroid dienone is 1. The predicted molar refractivity (Wildman–Crippen MR) is 105 cm³/mol. The zero-order valence-electron chi connectivity index (χ0n) is 14.3. The molecule has 0 spiro atoms. The van der Waals surface area contributed by atoms with Crippen molar-refractivity contribution in [2.24, 2.45) is 0 Å². The van der Waals surface area contributed by atoms with Crippen molar-refractivity contribution >= 4 is 49.3 Å². The fourth-order valence-electron chi connectivity index (χ4n) is 3.26. The number of ether oxygens (including phenoxy) is 1. The maximum Gasteiger partial charge on any atom is 0.414 e. The Hall–Kier alpha value is -1.09. The van der Waals surface area contributed by atoms with E-state index in [1.807, 2.05) is 18.2 Å². The van der Waals surface area contributed by atoms with E-state index < -0.39 is 10.0 Å². The molecule has 9 heteroatoms. The van der Waals surface area contributed by atoms with Crippen LogP contribution in [0, 0.1) is 0 Å². The van der Waals surface area contributed by atoms with Crippen molar-refractivity contribution in [1.29, 1.82) is 0 Å². The fraction of sp³-hybridized carbons (Fsp3) is 0.471. The second-order valence-electron chi connectivity index (χ2n) is 6.40. The molecule has 2 aliphatic rings. The van der Waals surface area contributed by atoms with Crippen LogP contribution in [0.5, 0.6) is 0 Å². The van der Waals surface area contributed by atoms with Crippen LogP contribution in [0.3, 0.4) is 0 Å². The third-order valence-electron chi connectivity index (χ3n) is 4.61. The number of carbonyl (C=O) groups is 1. The summed E-state index contributed by atoms with van der Waals surface area (Å²) >= 11 is 9.17. The third-order valence-corrected chi connectivity index (χ3v) is 6.99. The molecule has 1 aromatic rings. The molecular formula is C17H20BrClN2O4S. The zero-order chi connectivity index (χ0) is 18.9. The first-order valence-electron chi connectivity index (χ1n) is 8.32. The zero-order valence-corrected chi connectivity index (χ0v) is 17.5. The standard InChI is InChI=1S/C17H20BrClN2O4S/c1-12(19)6-9-26(23,24)20-7-4-15(5-8-20)21-16-3-2-14(18)10-13(16)11-25-17(21)22/h2-3,6,10,15H,4-5,7-9,11H2,1H3/b12-6+. The molecule has 0 bridgehead atoms. The topological polar surface area (TPSA) is 66.9 Å². The Balaban J connectivity index is 1.72. The maximum atomic E-state index is 12.4. The molecule has 1 saturated heterocycles. The van der Waals surface area contributed by atoms with Gasteiger partial charge in [-0.2, -0.15) is 0 Å². The van der Waals surface area contributed by atoms with Gasteiger partial charge in [0.05, 0.1) is 11.4 Å². The van der Waals surface area contributed by atoms with Gasteiger partial charge in [-0.3, -0.25) is 4.90 Å². The summed E-state index contributed by atoms with van der Waals surface area (Å²) in [4.78, 5) is 14.0. The molecule has 0 radical (unpaired) electrons. The molecule has 0 N–H and O–H groups in total. The summed E-state index contributed by atoms with van der Waals surface area (Å²) in [7, 11) is -3.38. The van der Waals surface area contributed by atoms with Gasteiger partial charge in [0.15, 0.2) is 0 Å². The number of nitrogens with zero attached hydrogens (tertiary/aromatic N) is 2. The summed E-state index contributed by atoms with van der Waals surface area (Å²) in [5, 5.41) is 0.460. The van der Waals surface area contributed by atoms with Crippen LogP contribution < -0.4 is 4.90 Å². The lowest BCUT2D eigenvalue weighted by Gasteiger charge is -2.39. The highest BCUT2D eigenvalue weighted by atomic mass is 79.9. The quantitative estimate of drug-likeness (QED) is 0.680. The monoisotopic (exact) mass is 462 g/mol. The van der Waals surface area contributed by atoms with E-state index in [1.165, 1.54) is 10.4 Å². The lowest BCUT2D eigenvalue weighted by Crippen LogP contribution is -2.50. The van der Waals surface area contributed by atoms with E-state index in [0.717, 1.165) is 15.7 Å². The van der Waals surface area contributed by atoms with Gasteiger partial charge in [0.1, 0.15) is 6.61 Å². The average Bonchev–Trinajstić information content (AvgIpc) is 2.60. The van der Waals surface area contributed by atoms with Crippen LogP contribution in [0.4, 0.5) is 10.5 Å². The molecule has 3 rings (SSSR count). The van der Waals surface area contributed by atoms with Gasteiger partial charge < -0.3 is 4.74 Å². The highest BCUT2D eigenvalue weighted by Crippen LogP contribution is 2.34. The van der Waals surface area contributed by atoms with Crippen LogP contribution in [0.25, 0.3) is 0 Å². The molecule has 26 heavy (non-hydrogen) atoms. The molecule has 6 nitrogen and oxygen atoms in total. The number of carbonyl (C=O) groups excluding carboxylic acids is 1. The smallest absolute Gasteiger partial charge is 0.414 e. The van der Waals surface area contributed by atoms with Gasteiger partial charge >= 0.3 is 6.09 Å². The van der Waals surface area contributed by atoms with Crippen LogP contribution in [0.15, 0.2) is 33.8 Å². The Morgan fingerprint density at radius 2 is 2.08 bits per heavy atom. The van der Waals surface area contributed by atoms with Crippen molar-refractivity contribution in [3.05, 3.63) is 39.3 Å². The van der Waals surface area contributed by atoms with E-state index in [-0.39, 0.29) is 24.5 Å². The van der Waals surface area contributed by atoms with E-state index in [2.05, 4.69) is 15.9 Å². The first kappa shape index (κ1) is 19.7. The maximum absolute atomic E-state index is 12.4. The number of sulfonamides is 1. The number of cyclic esters (lactones) is 1. The van der Waals surface area contributed by atoms with Crippen LogP contribution in [-0.4, -0.2) is 43.7 Å². The Kier molecular flexibility index (Phi) is 5.96. The van der Waals surface area contributed by atoms with E-state index >= 15 is 0 Å². The van der Waals surface area contributed by atoms with Gasteiger partial charge in [-0.05, 0) is 38.0 Å². The van der Waals surface area contributed by atoms with Crippen molar-refractivity contribution in [3.8, 4) is 0 Å². The molecule has 0 saturated carbocycles. The normalized spacial score (nSPS) is 20.0.